The van der Waals surface area contributed by atoms with E-state index < -0.39 is 11.8 Å². The van der Waals surface area contributed by atoms with Gasteiger partial charge in [-0.3, -0.25) is 9.59 Å². The van der Waals surface area contributed by atoms with Gasteiger partial charge in [-0.1, -0.05) is 45.7 Å². The summed E-state index contributed by atoms with van der Waals surface area (Å²) in [6, 6.07) is 16.6. The molecule has 0 aliphatic carbocycles. The summed E-state index contributed by atoms with van der Waals surface area (Å²) in [6.07, 6.45) is 1.51. The van der Waals surface area contributed by atoms with Crippen LogP contribution in [0.5, 0.6) is 0 Å². The van der Waals surface area contributed by atoms with E-state index in [0.29, 0.717) is 10.7 Å². The Kier molecular flexibility index (Phi) is 6.51. The highest BCUT2D eigenvalue weighted by molar-refractivity contribution is 9.10. The Hall–Kier alpha value is -2.90. The number of hydrogen-bond donors (Lipinski definition) is 2. The van der Waals surface area contributed by atoms with Crippen LogP contribution in [0.15, 0.2) is 64.2 Å². The van der Waals surface area contributed by atoms with Crippen LogP contribution in [-0.4, -0.2) is 22.6 Å². The summed E-state index contributed by atoms with van der Waals surface area (Å²) in [5.74, 6) is -1.74. The lowest BCUT2D eigenvalue weighted by Crippen LogP contribution is -2.32. The van der Waals surface area contributed by atoms with E-state index in [1.54, 1.807) is 24.3 Å². The largest absolute Gasteiger partial charge is 0.329 e. The zero-order valence-corrected chi connectivity index (χ0v) is 18.1. The fraction of sp³-hybridized carbons (Fsp3) is 0.0952. The third-order valence-corrected chi connectivity index (χ3v) is 5.06. The molecule has 2 N–H and O–H groups in total. The molecule has 2 aromatic carbocycles. The number of aromatic nitrogens is 1. The average molecular weight is 474 g/mol. The smallest absolute Gasteiger partial charge is 0.318 e. The molecule has 0 aliphatic heterocycles. The second-order valence-corrected chi connectivity index (χ2v) is 7.60. The van der Waals surface area contributed by atoms with Gasteiger partial charge in [-0.05, 0) is 50.2 Å². The molecule has 1 aromatic heterocycles. The van der Waals surface area contributed by atoms with Gasteiger partial charge in [0.2, 0.25) is 0 Å². The van der Waals surface area contributed by atoms with Gasteiger partial charge in [0, 0.05) is 27.1 Å². The normalized spacial score (nSPS) is 10.9. The van der Waals surface area contributed by atoms with Crippen LogP contribution in [0.1, 0.15) is 17.0 Å². The number of hydrogen-bond acceptors (Lipinski definition) is 3. The SMILES string of the molecule is Cc1cc(/C=N\NC(=O)C(=O)Nc2ccccc2Cl)c(C)n1-c1cccc(Br)c1. The molecule has 0 saturated heterocycles. The van der Waals surface area contributed by atoms with Crippen LogP contribution < -0.4 is 10.7 Å². The minimum Gasteiger partial charge on any atom is -0.318 e. The highest BCUT2D eigenvalue weighted by Crippen LogP contribution is 2.22. The lowest BCUT2D eigenvalue weighted by Gasteiger charge is -2.09. The highest BCUT2D eigenvalue weighted by atomic mass is 79.9. The molecule has 148 valence electrons. The molecule has 8 heteroatoms. The first-order valence-electron chi connectivity index (χ1n) is 8.70. The molecule has 0 radical (unpaired) electrons. The van der Waals surface area contributed by atoms with Gasteiger partial charge in [-0.15, -0.1) is 0 Å². The van der Waals surface area contributed by atoms with E-state index in [4.69, 9.17) is 11.6 Å². The van der Waals surface area contributed by atoms with Crippen molar-refractivity contribution in [3.63, 3.8) is 0 Å². The van der Waals surface area contributed by atoms with Crippen molar-refractivity contribution in [2.24, 2.45) is 5.10 Å². The first-order chi connectivity index (χ1) is 13.9. The van der Waals surface area contributed by atoms with Gasteiger partial charge in [0.25, 0.3) is 0 Å². The molecular formula is C21H18BrClN4O2. The maximum Gasteiger partial charge on any atom is 0.329 e. The van der Waals surface area contributed by atoms with Crippen LogP contribution >= 0.6 is 27.5 Å². The molecule has 0 fully saturated rings. The van der Waals surface area contributed by atoms with Crippen molar-refractivity contribution in [1.29, 1.82) is 0 Å². The van der Waals surface area contributed by atoms with Gasteiger partial charge < -0.3 is 9.88 Å². The van der Waals surface area contributed by atoms with Crippen LogP contribution in [0.25, 0.3) is 5.69 Å². The number of benzene rings is 2. The van der Waals surface area contributed by atoms with Crippen LogP contribution in [0.2, 0.25) is 5.02 Å². The first kappa shape index (κ1) is 20.8. The predicted molar refractivity (Wildman–Crippen MR) is 119 cm³/mol. The van der Waals surface area contributed by atoms with Gasteiger partial charge in [0.15, 0.2) is 0 Å². The quantitative estimate of drug-likeness (QED) is 0.330. The predicted octanol–water partition coefficient (Wildman–Crippen LogP) is 4.60. The number of rotatable bonds is 4. The molecule has 1 heterocycles. The minimum absolute atomic E-state index is 0.345. The Labute approximate surface area is 181 Å². The van der Waals surface area contributed by atoms with Gasteiger partial charge >= 0.3 is 11.8 Å². The minimum atomic E-state index is -0.887. The number of nitrogens with zero attached hydrogens (tertiary/aromatic N) is 2. The Balaban J connectivity index is 1.69. The van der Waals surface area contributed by atoms with Crippen LogP contribution in [0.3, 0.4) is 0 Å². The number of anilines is 1. The molecule has 3 rings (SSSR count). The van der Waals surface area contributed by atoms with Crippen LogP contribution in [0, 0.1) is 13.8 Å². The van der Waals surface area contributed by atoms with Gasteiger partial charge in [-0.2, -0.15) is 5.10 Å². The van der Waals surface area contributed by atoms with E-state index >= 15 is 0 Å². The molecule has 0 spiro atoms. The topological polar surface area (TPSA) is 75.5 Å². The van der Waals surface area contributed by atoms with E-state index in [-0.39, 0.29) is 0 Å². The number of nitrogens with one attached hydrogen (secondary N) is 2. The molecule has 0 aliphatic rings. The third-order valence-electron chi connectivity index (χ3n) is 4.23. The zero-order valence-electron chi connectivity index (χ0n) is 15.7. The summed E-state index contributed by atoms with van der Waals surface area (Å²) >= 11 is 9.45. The van der Waals surface area contributed by atoms with Gasteiger partial charge in [0.1, 0.15) is 0 Å². The lowest BCUT2D eigenvalue weighted by atomic mass is 10.2. The molecule has 3 aromatic rings. The standard InChI is InChI=1S/C21H18BrClN4O2/c1-13-10-15(14(2)27(13)17-7-5-6-16(22)11-17)12-24-26-21(29)20(28)25-19-9-4-3-8-18(19)23/h3-12H,1-2H3,(H,25,28)(H,26,29)/b24-12-. The Morgan fingerprint density at radius 1 is 1.07 bits per heavy atom. The van der Waals surface area contributed by atoms with Gasteiger partial charge in [0.05, 0.1) is 16.9 Å². The van der Waals surface area contributed by atoms with Crippen molar-refractivity contribution in [3.05, 3.63) is 81.0 Å². The molecule has 2 amide bonds. The highest BCUT2D eigenvalue weighted by Gasteiger charge is 2.14. The molecule has 29 heavy (non-hydrogen) atoms. The number of hydrazone groups is 1. The fourth-order valence-electron chi connectivity index (χ4n) is 2.88. The van der Waals surface area contributed by atoms with Crippen LogP contribution in [0.4, 0.5) is 5.69 Å². The summed E-state index contributed by atoms with van der Waals surface area (Å²) in [5, 5.41) is 6.70. The fourth-order valence-corrected chi connectivity index (χ4v) is 3.45. The molecule has 6 nitrogen and oxygen atoms in total. The van der Waals surface area contributed by atoms with Crippen molar-refractivity contribution in [2.45, 2.75) is 13.8 Å². The number of carbonyl (C=O) groups is 2. The second-order valence-electron chi connectivity index (χ2n) is 6.27. The monoisotopic (exact) mass is 472 g/mol. The van der Waals surface area contributed by atoms with Crippen LogP contribution in [-0.2, 0) is 9.59 Å². The van der Waals surface area contributed by atoms with E-state index in [1.165, 1.54) is 6.21 Å². The Morgan fingerprint density at radius 3 is 2.55 bits per heavy atom. The summed E-state index contributed by atoms with van der Waals surface area (Å²) in [6.45, 7) is 3.95. The molecule has 0 atom stereocenters. The molecule has 0 saturated carbocycles. The lowest BCUT2D eigenvalue weighted by molar-refractivity contribution is -0.136. The number of para-hydroxylation sites is 1. The summed E-state index contributed by atoms with van der Waals surface area (Å²) in [5.41, 5.74) is 6.41. The van der Waals surface area contributed by atoms with Crippen molar-refractivity contribution >= 4 is 51.2 Å². The van der Waals surface area contributed by atoms with E-state index in [0.717, 1.165) is 27.1 Å². The second kappa shape index (κ2) is 9.07. The van der Waals surface area contributed by atoms with Gasteiger partial charge in [-0.25, -0.2) is 5.43 Å². The zero-order chi connectivity index (χ0) is 21.0. The molecule has 0 bridgehead atoms. The van der Waals surface area contributed by atoms with Crippen molar-refractivity contribution < 1.29 is 9.59 Å². The number of aryl methyl sites for hydroxylation is 1. The summed E-state index contributed by atoms with van der Waals surface area (Å²) in [4.78, 5) is 24.0. The van der Waals surface area contributed by atoms with E-state index in [2.05, 4.69) is 36.3 Å². The van der Waals surface area contributed by atoms with E-state index in [9.17, 15) is 9.59 Å². The molecular weight excluding hydrogens is 456 g/mol. The van der Waals surface area contributed by atoms with E-state index in [1.807, 2.05) is 44.2 Å². The van der Waals surface area contributed by atoms with Crippen molar-refractivity contribution in [2.75, 3.05) is 5.32 Å². The molecule has 0 unspecified atom stereocenters. The Bertz CT molecular complexity index is 1110. The Morgan fingerprint density at radius 2 is 1.83 bits per heavy atom. The third kappa shape index (κ3) is 4.93. The average Bonchev–Trinajstić information content (AvgIpc) is 2.97. The van der Waals surface area contributed by atoms with Crippen molar-refractivity contribution in [1.82, 2.24) is 9.99 Å². The number of amides is 2. The number of halogens is 2. The van der Waals surface area contributed by atoms with Crippen molar-refractivity contribution in [3.8, 4) is 5.69 Å². The first-order valence-corrected chi connectivity index (χ1v) is 9.87. The summed E-state index contributed by atoms with van der Waals surface area (Å²) in [7, 11) is 0. The maximum atomic E-state index is 12.0. The maximum absolute atomic E-state index is 12.0. The number of carbonyl (C=O) groups excluding carboxylic acids is 2. The summed E-state index contributed by atoms with van der Waals surface area (Å²) < 4.78 is 3.06.